The predicted molar refractivity (Wildman–Crippen MR) is 70.6 cm³/mol. The van der Waals surface area contributed by atoms with Crippen molar-refractivity contribution in [2.75, 3.05) is 0 Å². The van der Waals surface area contributed by atoms with Crippen molar-refractivity contribution in [1.82, 2.24) is 19.9 Å². The molecule has 0 saturated carbocycles. The molecule has 0 saturated heterocycles. The Morgan fingerprint density at radius 3 is 2.47 bits per heavy atom. The van der Waals surface area contributed by atoms with Crippen LogP contribution in [0.15, 0.2) is 36.1 Å². The molecular formula is C12H12N4O2S. The SMILES string of the molecule is CC(C)(Sc1nccnc1-c1cncnc1)C(=O)O. The van der Waals surface area contributed by atoms with Crippen LogP contribution in [0.4, 0.5) is 0 Å². The number of nitrogens with zero attached hydrogens (tertiary/aromatic N) is 4. The smallest absolute Gasteiger partial charge is 0.319 e. The maximum atomic E-state index is 11.2. The van der Waals surface area contributed by atoms with E-state index in [1.54, 1.807) is 32.4 Å². The Kier molecular flexibility index (Phi) is 3.75. The van der Waals surface area contributed by atoms with Crippen molar-refractivity contribution in [3.05, 3.63) is 31.1 Å². The Bertz CT molecular complexity index is 589. The van der Waals surface area contributed by atoms with E-state index in [2.05, 4.69) is 19.9 Å². The molecule has 0 aliphatic carbocycles. The van der Waals surface area contributed by atoms with Gasteiger partial charge in [-0.25, -0.2) is 15.0 Å². The maximum Gasteiger partial charge on any atom is 0.319 e. The summed E-state index contributed by atoms with van der Waals surface area (Å²) in [5, 5.41) is 9.72. The van der Waals surface area contributed by atoms with Gasteiger partial charge in [-0.05, 0) is 13.8 Å². The van der Waals surface area contributed by atoms with Crippen molar-refractivity contribution < 1.29 is 9.90 Å². The van der Waals surface area contributed by atoms with Gasteiger partial charge in [0, 0.05) is 30.4 Å². The van der Waals surface area contributed by atoms with Crippen LogP contribution in [0.3, 0.4) is 0 Å². The summed E-state index contributed by atoms with van der Waals surface area (Å²) >= 11 is 1.15. The molecule has 0 amide bonds. The van der Waals surface area contributed by atoms with Crippen molar-refractivity contribution in [2.24, 2.45) is 0 Å². The molecule has 7 heteroatoms. The normalized spacial score (nSPS) is 11.3. The lowest BCUT2D eigenvalue weighted by Crippen LogP contribution is -2.27. The van der Waals surface area contributed by atoms with E-state index in [0.717, 1.165) is 11.8 Å². The molecule has 6 nitrogen and oxygen atoms in total. The molecule has 1 N–H and O–H groups in total. The van der Waals surface area contributed by atoms with Crippen LogP contribution in [-0.4, -0.2) is 35.8 Å². The average molecular weight is 276 g/mol. The molecule has 0 unspecified atom stereocenters. The molecule has 0 bridgehead atoms. The Labute approximate surface area is 114 Å². The third kappa shape index (κ3) is 3.05. The van der Waals surface area contributed by atoms with Crippen LogP contribution in [0.1, 0.15) is 13.8 Å². The number of carboxylic acid groups (broad SMARTS) is 1. The quantitative estimate of drug-likeness (QED) is 0.853. The Balaban J connectivity index is 2.40. The summed E-state index contributed by atoms with van der Waals surface area (Å²) in [6.45, 7) is 3.25. The monoisotopic (exact) mass is 276 g/mol. The zero-order chi connectivity index (χ0) is 13.9. The van der Waals surface area contributed by atoms with Crippen molar-refractivity contribution in [1.29, 1.82) is 0 Å². The molecule has 0 aromatic carbocycles. The summed E-state index contributed by atoms with van der Waals surface area (Å²) in [5.41, 5.74) is 1.29. The molecule has 2 heterocycles. The molecule has 2 aromatic rings. The van der Waals surface area contributed by atoms with E-state index in [1.807, 2.05) is 0 Å². The van der Waals surface area contributed by atoms with Gasteiger partial charge in [0.2, 0.25) is 0 Å². The van der Waals surface area contributed by atoms with Gasteiger partial charge in [-0.2, -0.15) is 0 Å². The fourth-order valence-electron chi connectivity index (χ4n) is 1.30. The highest BCUT2D eigenvalue weighted by Gasteiger charge is 2.30. The van der Waals surface area contributed by atoms with Gasteiger partial charge >= 0.3 is 5.97 Å². The molecule has 0 spiro atoms. The summed E-state index contributed by atoms with van der Waals surface area (Å²) in [5.74, 6) is -0.904. The lowest BCUT2D eigenvalue weighted by atomic mass is 10.2. The summed E-state index contributed by atoms with van der Waals surface area (Å²) in [7, 11) is 0. The lowest BCUT2D eigenvalue weighted by Gasteiger charge is -2.18. The van der Waals surface area contributed by atoms with Crippen LogP contribution in [0.25, 0.3) is 11.3 Å². The van der Waals surface area contributed by atoms with Gasteiger partial charge < -0.3 is 5.11 Å². The van der Waals surface area contributed by atoms with Crippen molar-refractivity contribution in [2.45, 2.75) is 23.6 Å². The standard InChI is InChI=1S/C12H12N4O2S/c1-12(2,11(17)18)19-10-9(15-3-4-16-10)8-5-13-7-14-6-8/h3-7H,1-2H3,(H,17,18). The number of aromatic nitrogens is 4. The molecule has 0 fully saturated rings. The molecule has 2 rings (SSSR count). The van der Waals surface area contributed by atoms with Gasteiger partial charge in [0.1, 0.15) is 21.8 Å². The number of carbonyl (C=O) groups is 1. The number of hydrogen-bond acceptors (Lipinski definition) is 6. The summed E-state index contributed by atoms with van der Waals surface area (Å²) in [6.07, 6.45) is 7.76. The van der Waals surface area contributed by atoms with Gasteiger partial charge in [-0.1, -0.05) is 11.8 Å². The first-order chi connectivity index (χ1) is 9.00. The van der Waals surface area contributed by atoms with Crippen LogP contribution in [-0.2, 0) is 4.79 Å². The van der Waals surface area contributed by atoms with Crippen LogP contribution >= 0.6 is 11.8 Å². The van der Waals surface area contributed by atoms with Gasteiger partial charge in [0.05, 0.1) is 0 Å². The number of thioether (sulfide) groups is 1. The summed E-state index contributed by atoms with van der Waals surface area (Å²) in [6, 6.07) is 0. The number of carboxylic acids is 1. The minimum atomic E-state index is -0.986. The molecule has 98 valence electrons. The van der Waals surface area contributed by atoms with Crippen molar-refractivity contribution in [3.8, 4) is 11.3 Å². The molecule has 19 heavy (non-hydrogen) atoms. The van der Waals surface area contributed by atoms with E-state index in [9.17, 15) is 9.90 Å². The Morgan fingerprint density at radius 1 is 1.21 bits per heavy atom. The molecule has 2 aromatic heterocycles. The first-order valence-electron chi connectivity index (χ1n) is 5.49. The van der Waals surface area contributed by atoms with Gasteiger partial charge in [0.25, 0.3) is 0 Å². The summed E-state index contributed by atoms with van der Waals surface area (Å²) in [4.78, 5) is 27.5. The minimum Gasteiger partial charge on any atom is -0.480 e. The fraction of sp³-hybridized carbons (Fsp3) is 0.250. The van der Waals surface area contributed by atoms with E-state index < -0.39 is 10.7 Å². The van der Waals surface area contributed by atoms with E-state index in [-0.39, 0.29) is 0 Å². The lowest BCUT2D eigenvalue weighted by molar-refractivity contribution is -0.138. The second-order valence-electron chi connectivity index (χ2n) is 4.25. The third-order valence-electron chi connectivity index (χ3n) is 2.37. The zero-order valence-electron chi connectivity index (χ0n) is 10.4. The van der Waals surface area contributed by atoms with Crippen LogP contribution in [0, 0.1) is 0 Å². The Morgan fingerprint density at radius 2 is 1.84 bits per heavy atom. The fourth-order valence-corrected chi connectivity index (χ4v) is 2.26. The molecule has 0 radical (unpaired) electrons. The Hall–Kier alpha value is -2.02. The van der Waals surface area contributed by atoms with Crippen molar-refractivity contribution in [3.63, 3.8) is 0 Å². The molecular weight excluding hydrogens is 264 g/mol. The zero-order valence-corrected chi connectivity index (χ0v) is 11.3. The highest BCUT2D eigenvalue weighted by molar-refractivity contribution is 8.01. The molecule has 0 atom stereocenters. The van der Waals surface area contributed by atoms with Crippen LogP contribution in [0.2, 0.25) is 0 Å². The van der Waals surface area contributed by atoms with E-state index in [0.29, 0.717) is 16.3 Å². The van der Waals surface area contributed by atoms with Gasteiger partial charge in [-0.3, -0.25) is 9.78 Å². The molecule has 0 aliphatic rings. The largest absolute Gasteiger partial charge is 0.480 e. The number of aliphatic carboxylic acids is 1. The summed E-state index contributed by atoms with van der Waals surface area (Å²) < 4.78 is -0.986. The second-order valence-corrected chi connectivity index (χ2v) is 5.87. The van der Waals surface area contributed by atoms with Crippen molar-refractivity contribution >= 4 is 17.7 Å². The average Bonchev–Trinajstić information content (AvgIpc) is 2.40. The van der Waals surface area contributed by atoms with Gasteiger partial charge in [-0.15, -0.1) is 0 Å². The minimum absolute atomic E-state index is 0.546. The predicted octanol–water partition coefficient (Wildman–Crippen LogP) is 1.89. The highest BCUT2D eigenvalue weighted by Crippen LogP contribution is 2.35. The van der Waals surface area contributed by atoms with Crippen LogP contribution < -0.4 is 0 Å². The first-order valence-corrected chi connectivity index (χ1v) is 6.31. The maximum absolute atomic E-state index is 11.2. The van der Waals surface area contributed by atoms with Gasteiger partial charge in [0.15, 0.2) is 0 Å². The van der Waals surface area contributed by atoms with E-state index in [4.69, 9.17) is 0 Å². The highest BCUT2D eigenvalue weighted by atomic mass is 32.2. The second kappa shape index (κ2) is 5.31. The first kappa shape index (κ1) is 13.4. The number of rotatable bonds is 4. The number of hydrogen-bond donors (Lipinski definition) is 1. The van der Waals surface area contributed by atoms with Crippen LogP contribution in [0.5, 0.6) is 0 Å². The topological polar surface area (TPSA) is 88.9 Å². The third-order valence-corrected chi connectivity index (χ3v) is 3.54. The molecule has 0 aliphatic heterocycles. The van der Waals surface area contributed by atoms with E-state index >= 15 is 0 Å². The van der Waals surface area contributed by atoms with E-state index in [1.165, 1.54) is 12.5 Å².